The first kappa shape index (κ1) is 14.9. The predicted molar refractivity (Wildman–Crippen MR) is 76.3 cm³/mol. The van der Waals surface area contributed by atoms with Crippen LogP contribution in [0.3, 0.4) is 0 Å². The van der Waals surface area contributed by atoms with Gasteiger partial charge in [-0.2, -0.15) is 0 Å². The molecule has 1 aliphatic rings. The number of rotatable bonds is 3. The first-order valence-electron chi connectivity index (χ1n) is 6.38. The van der Waals surface area contributed by atoms with Crippen LogP contribution >= 0.6 is 0 Å². The molecule has 0 aliphatic carbocycles. The Morgan fingerprint density at radius 1 is 1.40 bits per heavy atom. The van der Waals surface area contributed by atoms with Gasteiger partial charge in [0.15, 0.2) is 0 Å². The van der Waals surface area contributed by atoms with E-state index in [1.54, 1.807) is 0 Å². The number of sulfonamides is 1. The van der Waals surface area contributed by atoms with Crippen molar-refractivity contribution >= 4 is 21.6 Å². The monoisotopic (exact) mass is 302 g/mol. The first-order valence-corrected chi connectivity index (χ1v) is 8.22. The molecule has 0 unspecified atom stereocenters. The summed E-state index contributed by atoms with van der Waals surface area (Å²) in [5.41, 5.74) is 0.507. The molecule has 0 saturated carbocycles. The van der Waals surface area contributed by atoms with Crippen molar-refractivity contribution in [1.82, 2.24) is 4.31 Å². The fourth-order valence-electron chi connectivity index (χ4n) is 2.24. The van der Waals surface area contributed by atoms with E-state index in [0.717, 1.165) is 6.26 Å². The molecule has 7 heteroatoms. The van der Waals surface area contributed by atoms with E-state index in [9.17, 15) is 17.6 Å². The zero-order chi connectivity index (χ0) is 14.8. The van der Waals surface area contributed by atoms with E-state index in [2.05, 4.69) is 5.32 Å². The fourth-order valence-corrected chi connectivity index (χ4v) is 3.15. The summed E-state index contributed by atoms with van der Waals surface area (Å²) < 4.78 is 37.1. The molecule has 5 nitrogen and oxygen atoms in total. The predicted octanol–water partition coefficient (Wildman–Crippen LogP) is 1.68. The van der Waals surface area contributed by atoms with Gasteiger partial charge in [-0.1, -0.05) is 0 Å². The zero-order valence-corrected chi connectivity index (χ0v) is 12.0. The van der Waals surface area contributed by atoms with Crippen LogP contribution in [0.5, 0.6) is 0 Å². The molecule has 1 aromatic carbocycles. The van der Waals surface area contributed by atoms with Gasteiger partial charge in [0.1, 0.15) is 5.82 Å². The third-order valence-electron chi connectivity index (χ3n) is 3.34. The molecule has 0 bridgehead atoms. The summed E-state index contributed by atoms with van der Waals surface area (Å²) in [4.78, 5) is 12.1. The number of nitrogens with one attached hydrogen (secondary N) is 1. The Balaban J connectivity index is 0.00000220. The summed E-state index contributed by atoms with van der Waals surface area (Å²) in [6.07, 6.45) is 2.46. The third-order valence-corrected chi connectivity index (χ3v) is 4.61. The van der Waals surface area contributed by atoms with Gasteiger partial charge in [-0.3, -0.25) is 4.79 Å². The van der Waals surface area contributed by atoms with Crippen molar-refractivity contribution in [3.05, 3.63) is 30.1 Å². The van der Waals surface area contributed by atoms with Gasteiger partial charge in [-0.05, 0) is 37.1 Å². The molecule has 1 fully saturated rings. The normalized spacial score (nSPS) is 20.6. The number of piperidine rings is 1. The van der Waals surface area contributed by atoms with Crippen molar-refractivity contribution in [1.29, 1.82) is 0 Å². The van der Waals surface area contributed by atoms with Crippen LogP contribution in [0, 0.1) is 11.7 Å². The molecule has 1 saturated heterocycles. The molecule has 1 N–H and O–H groups in total. The van der Waals surface area contributed by atoms with Crippen LogP contribution in [0.15, 0.2) is 24.3 Å². The molecular weight excluding hydrogens is 283 g/mol. The van der Waals surface area contributed by atoms with E-state index in [1.807, 2.05) is 0 Å². The average Bonchev–Trinajstić information content (AvgIpc) is 2.40. The van der Waals surface area contributed by atoms with Crippen LogP contribution in [0.2, 0.25) is 0 Å². The lowest BCUT2D eigenvalue weighted by atomic mass is 9.99. The maximum atomic E-state index is 12.8. The van der Waals surface area contributed by atoms with Crippen LogP contribution in [-0.4, -0.2) is 38.0 Å². The van der Waals surface area contributed by atoms with Crippen LogP contribution in [-0.2, 0) is 14.8 Å². The largest absolute Gasteiger partial charge is 0.326 e. The molecule has 1 atom stereocenters. The second-order valence-electron chi connectivity index (χ2n) is 4.96. The quantitative estimate of drug-likeness (QED) is 0.924. The van der Waals surface area contributed by atoms with Crippen LogP contribution in [0.1, 0.15) is 14.3 Å². The second kappa shape index (κ2) is 5.88. The van der Waals surface area contributed by atoms with Gasteiger partial charge < -0.3 is 5.32 Å². The van der Waals surface area contributed by atoms with E-state index in [-0.39, 0.29) is 25.6 Å². The van der Waals surface area contributed by atoms with Crippen molar-refractivity contribution in [2.45, 2.75) is 12.8 Å². The minimum atomic E-state index is -3.27. The maximum Gasteiger partial charge on any atom is 0.228 e. The van der Waals surface area contributed by atoms with Gasteiger partial charge in [0.05, 0.1) is 12.2 Å². The minimum Gasteiger partial charge on any atom is -0.326 e. The number of hydrogen-bond acceptors (Lipinski definition) is 3. The number of carbonyl (C=O) groups is 1. The van der Waals surface area contributed by atoms with E-state index < -0.39 is 10.0 Å². The Hall–Kier alpha value is -1.47. The minimum absolute atomic E-state index is 0. The van der Waals surface area contributed by atoms with Gasteiger partial charge in [0.25, 0.3) is 0 Å². The Morgan fingerprint density at radius 2 is 2.05 bits per heavy atom. The molecule has 20 heavy (non-hydrogen) atoms. The lowest BCUT2D eigenvalue weighted by Gasteiger charge is -2.30. The highest BCUT2D eigenvalue weighted by Crippen LogP contribution is 2.20. The summed E-state index contributed by atoms with van der Waals surface area (Å²) in [5.74, 6) is -0.975. The van der Waals surface area contributed by atoms with Crippen LogP contribution in [0.4, 0.5) is 10.1 Å². The number of amides is 1. The average molecular weight is 302 g/mol. The molecule has 2 rings (SSSR count). The summed E-state index contributed by atoms with van der Waals surface area (Å²) >= 11 is 0. The second-order valence-corrected chi connectivity index (χ2v) is 6.94. The Morgan fingerprint density at radius 3 is 2.65 bits per heavy atom. The fraction of sp³-hybridized carbons (Fsp3) is 0.462. The number of benzene rings is 1. The van der Waals surface area contributed by atoms with Gasteiger partial charge in [-0.15, -0.1) is 0 Å². The maximum absolute atomic E-state index is 12.8. The highest BCUT2D eigenvalue weighted by Gasteiger charge is 2.30. The van der Waals surface area contributed by atoms with Gasteiger partial charge in [0, 0.05) is 20.2 Å². The molecule has 112 valence electrons. The number of hydrogen-bond donors (Lipinski definition) is 1. The van der Waals surface area contributed by atoms with E-state index >= 15 is 0 Å². The number of carbonyl (C=O) groups excluding carboxylic acids is 1. The lowest BCUT2D eigenvalue weighted by Crippen LogP contribution is -2.43. The van der Waals surface area contributed by atoms with Crippen LogP contribution in [0.25, 0.3) is 0 Å². The van der Waals surface area contributed by atoms with Gasteiger partial charge >= 0.3 is 0 Å². The van der Waals surface area contributed by atoms with Crippen molar-refractivity contribution in [3.63, 3.8) is 0 Å². The Kier molecular flexibility index (Phi) is 4.39. The van der Waals surface area contributed by atoms with Gasteiger partial charge in [-0.25, -0.2) is 17.1 Å². The van der Waals surface area contributed by atoms with Crippen molar-refractivity contribution in [3.8, 4) is 0 Å². The SMILES string of the molecule is CS(=O)(=O)N1CCC[C@H](C(=O)Nc2ccc(F)cc2)C1.[HH]. The molecule has 1 aromatic rings. The topological polar surface area (TPSA) is 66.5 Å². The molecule has 0 radical (unpaired) electrons. The summed E-state index contributed by atoms with van der Waals surface area (Å²) in [5, 5.41) is 2.68. The number of halogens is 1. The summed E-state index contributed by atoms with van der Waals surface area (Å²) in [6, 6.07) is 5.48. The van der Waals surface area contributed by atoms with Crippen LogP contribution < -0.4 is 5.32 Å². The summed E-state index contributed by atoms with van der Waals surface area (Å²) in [6.45, 7) is 0.658. The molecule has 0 aromatic heterocycles. The molecule has 1 heterocycles. The van der Waals surface area contributed by atoms with Crippen molar-refractivity contribution < 1.29 is 19.0 Å². The van der Waals surface area contributed by atoms with E-state index in [1.165, 1.54) is 28.6 Å². The van der Waals surface area contributed by atoms with Gasteiger partial charge in [0.2, 0.25) is 15.9 Å². The number of anilines is 1. The Labute approximate surface area is 119 Å². The Bertz CT molecular complexity index is 592. The van der Waals surface area contributed by atoms with E-state index in [0.29, 0.717) is 25.1 Å². The van der Waals surface area contributed by atoms with Crippen molar-refractivity contribution in [2.75, 3.05) is 24.7 Å². The third kappa shape index (κ3) is 3.77. The lowest BCUT2D eigenvalue weighted by molar-refractivity contribution is -0.120. The highest BCUT2D eigenvalue weighted by atomic mass is 32.2. The van der Waals surface area contributed by atoms with E-state index in [4.69, 9.17) is 0 Å². The molecule has 1 amide bonds. The standard InChI is InChI=1S/C13H17FN2O3S.H2/c1-20(18,19)16-8-2-3-10(9-16)13(17)15-12-6-4-11(14)5-7-12;/h4-7,10H,2-3,8-9H2,1H3,(H,15,17);1H/t10-;/m0./s1. The molecule has 0 spiro atoms. The molecule has 1 aliphatic heterocycles. The highest BCUT2D eigenvalue weighted by molar-refractivity contribution is 7.88. The summed E-state index contributed by atoms with van der Waals surface area (Å²) in [7, 11) is -3.27. The number of nitrogens with zero attached hydrogens (tertiary/aromatic N) is 1. The zero-order valence-electron chi connectivity index (χ0n) is 11.2. The molecular formula is C13H19FN2O3S. The smallest absolute Gasteiger partial charge is 0.228 e. The first-order chi connectivity index (χ1) is 9.36. The van der Waals surface area contributed by atoms with Crippen molar-refractivity contribution in [2.24, 2.45) is 5.92 Å².